The number of rotatable bonds is 7. The van der Waals surface area contributed by atoms with E-state index >= 15 is 0 Å². The first-order chi connectivity index (χ1) is 8.56. The lowest BCUT2D eigenvalue weighted by Gasteiger charge is -2.18. The SMILES string of the molecule is C/C=C(\C=C\CN(CCSC)C(=O)C(=O)O)OC. The molecule has 0 aliphatic heterocycles. The summed E-state index contributed by atoms with van der Waals surface area (Å²) in [7, 11) is 1.55. The highest BCUT2D eigenvalue weighted by Crippen LogP contribution is 2.00. The number of methoxy groups -OCH3 is 1. The van der Waals surface area contributed by atoms with Gasteiger partial charge < -0.3 is 14.7 Å². The summed E-state index contributed by atoms with van der Waals surface area (Å²) in [5.74, 6) is -0.939. The topological polar surface area (TPSA) is 66.8 Å². The van der Waals surface area contributed by atoms with Gasteiger partial charge in [-0.25, -0.2) is 4.79 Å². The second-order valence-electron chi connectivity index (χ2n) is 3.35. The van der Waals surface area contributed by atoms with Crippen LogP contribution < -0.4 is 0 Å². The van der Waals surface area contributed by atoms with Crippen molar-refractivity contribution in [3.8, 4) is 0 Å². The summed E-state index contributed by atoms with van der Waals surface area (Å²) in [6.45, 7) is 2.50. The van der Waals surface area contributed by atoms with Gasteiger partial charge in [0.15, 0.2) is 0 Å². The number of hydrogen-bond acceptors (Lipinski definition) is 4. The summed E-state index contributed by atoms with van der Waals surface area (Å²) >= 11 is 1.56. The molecular weight excluding hydrogens is 254 g/mol. The highest BCUT2D eigenvalue weighted by molar-refractivity contribution is 7.98. The maximum absolute atomic E-state index is 11.4. The molecule has 5 nitrogen and oxygen atoms in total. The molecule has 0 radical (unpaired) electrons. The van der Waals surface area contributed by atoms with Crippen LogP contribution in [0.5, 0.6) is 0 Å². The largest absolute Gasteiger partial charge is 0.497 e. The van der Waals surface area contributed by atoms with E-state index in [-0.39, 0.29) is 6.54 Å². The van der Waals surface area contributed by atoms with Crippen LogP contribution >= 0.6 is 11.8 Å². The third kappa shape index (κ3) is 6.34. The van der Waals surface area contributed by atoms with Gasteiger partial charge in [0.1, 0.15) is 5.76 Å². The van der Waals surface area contributed by atoms with E-state index in [0.29, 0.717) is 18.1 Å². The predicted molar refractivity (Wildman–Crippen MR) is 72.5 cm³/mol. The van der Waals surface area contributed by atoms with E-state index in [1.54, 1.807) is 37.1 Å². The van der Waals surface area contributed by atoms with Crippen molar-refractivity contribution in [2.45, 2.75) is 6.92 Å². The van der Waals surface area contributed by atoms with E-state index in [1.807, 2.05) is 13.2 Å². The normalized spacial score (nSPS) is 11.6. The van der Waals surface area contributed by atoms with Crippen LogP contribution in [0.3, 0.4) is 0 Å². The molecule has 0 aliphatic rings. The fourth-order valence-electron chi connectivity index (χ4n) is 1.19. The van der Waals surface area contributed by atoms with E-state index in [2.05, 4.69) is 0 Å². The molecule has 0 aromatic rings. The van der Waals surface area contributed by atoms with Gasteiger partial charge in [-0.3, -0.25) is 4.79 Å². The first-order valence-electron chi connectivity index (χ1n) is 5.44. The molecule has 0 spiro atoms. The Labute approximate surface area is 111 Å². The molecule has 0 saturated heterocycles. The van der Waals surface area contributed by atoms with Gasteiger partial charge in [-0.1, -0.05) is 6.08 Å². The number of aliphatic carboxylic acids is 1. The van der Waals surface area contributed by atoms with Crippen molar-refractivity contribution in [3.63, 3.8) is 0 Å². The van der Waals surface area contributed by atoms with Crippen molar-refractivity contribution in [2.24, 2.45) is 0 Å². The number of hydrogen-bond donors (Lipinski definition) is 1. The number of carboxylic acids is 1. The van der Waals surface area contributed by atoms with Gasteiger partial charge in [-0.2, -0.15) is 11.8 Å². The highest BCUT2D eigenvalue weighted by Gasteiger charge is 2.19. The zero-order chi connectivity index (χ0) is 14.0. The summed E-state index contributed by atoms with van der Waals surface area (Å²) in [5.41, 5.74) is 0. The van der Waals surface area contributed by atoms with E-state index in [0.717, 1.165) is 0 Å². The molecule has 0 saturated carbocycles. The van der Waals surface area contributed by atoms with Gasteiger partial charge in [0.25, 0.3) is 0 Å². The van der Waals surface area contributed by atoms with Crippen LogP contribution in [-0.4, -0.2) is 54.1 Å². The maximum atomic E-state index is 11.4. The molecule has 0 bridgehead atoms. The van der Waals surface area contributed by atoms with Gasteiger partial charge in [0.2, 0.25) is 0 Å². The Morgan fingerprint density at radius 3 is 2.56 bits per heavy atom. The molecule has 0 rings (SSSR count). The van der Waals surface area contributed by atoms with Crippen LogP contribution in [0, 0.1) is 0 Å². The van der Waals surface area contributed by atoms with Crippen molar-refractivity contribution in [1.29, 1.82) is 0 Å². The Balaban J connectivity index is 4.50. The summed E-state index contributed by atoms with van der Waals surface area (Å²) in [4.78, 5) is 23.3. The third-order valence-corrected chi connectivity index (χ3v) is 2.75. The number of amides is 1. The maximum Gasteiger partial charge on any atom is 0.394 e. The van der Waals surface area contributed by atoms with Crippen molar-refractivity contribution >= 4 is 23.6 Å². The van der Waals surface area contributed by atoms with Crippen LogP contribution in [0.4, 0.5) is 0 Å². The molecule has 0 aromatic carbocycles. The number of ether oxygens (including phenoxy) is 1. The van der Waals surface area contributed by atoms with Gasteiger partial charge in [0.05, 0.1) is 7.11 Å². The molecular formula is C12H19NO4S. The highest BCUT2D eigenvalue weighted by atomic mass is 32.2. The molecule has 0 aliphatic carbocycles. The molecule has 0 atom stereocenters. The average molecular weight is 273 g/mol. The van der Waals surface area contributed by atoms with Crippen LogP contribution in [0.2, 0.25) is 0 Å². The van der Waals surface area contributed by atoms with Gasteiger partial charge in [-0.15, -0.1) is 0 Å². The number of nitrogens with zero attached hydrogens (tertiary/aromatic N) is 1. The standard InChI is InChI=1S/C12H19NO4S/c1-4-10(17-2)6-5-7-13(8-9-18-3)11(14)12(15)16/h4-6H,7-9H2,1-3H3,(H,15,16)/b6-5+,10-4+. The lowest BCUT2D eigenvalue weighted by atomic mass is 10.3. The number of carbonyl (C=O) groups excluding carboxylic acids is 1. The number of thioether (sulfide) groups is 1. The molecule has 18 heavy (non-hydrogen) atoms. The average Bonchev–Trinajstić information content (AvgIpc) is 2.37. The first kappa shape index (κ1) is 16.6. The van der Waals surface area contributed by atoms with Crippen molar-refractivity contribution < 1.29 is 19.4 Å². The molecule has 6 heteroatoms. The second-order valence-corrected chi connectivity index (χ2v) is 4.33. The van der Waals surface area contributed by atoms with Crippen molar-refractivity contribution in [1.82, 2.24) is 4.90 Å². The summed E-state index contributed by atoms with van der Waals surface area (Å²) in [6.07, 6.45) is 7.10. The molecule has 1 N–H and O–H groups in total. The van der Waals surface area contributed by atoms with Gasteiger partial charge in [-0.05, 0) is 25.3 Å². The van der Waals surface area contributed by atoms with E-state index < -0.39 is 11.9 Å². The Morgan fingerprint density at radius 2 is 2.11 bits per heavy atom. The Hall–Kier alpha value is -1.43. The van der Waals surface area contributed by atoms with Crippen LogP contribution in [0.15, 0.2) is 24.0 Å². The first-order valence-corrected chi connectivity index (χ1v) is 6.84. The Kier molecular flexibility index (Phi) is 8.82. The number of carboxylic acid groups (broad SMARTS) is 1. The third-order valence-electron chi connectivity index (χ3n) is 2.16. The Bertz CT molecular complexity index is 339. The zero-order valence-corrected chi connectivity index (χ0v) is 11.7. The van der Waals surface area contributed by atoms with Crippen LogP contribution in [0.25, 0.3) is 0 Å². The molecule has 1 amide bonds. The lowest BCUT2D eigenvalue weighted by Crippen LogP contribution is -2.38. The van der Waals surface area contributed by atoms with Crippen molar-refractivity contribution in [3.05, 3.63) is 24.0 Å². The molecule has 0 aromatic heterocycles. The lowest BCUT2D eigenvalue weighted by molar-refractivity contribution is -0.155. The molecule has 0 unspecified atom stereocenters. The molecule has 0 fully saturated rings. The summed E-state index contributed by atoms with van der Waals surface area (Å²) in [6, 6.07) is 0. The van der Waals surface area contributed by atoms with E-state index in [9.17, 15) is 9.59 Å². The monoisotopic (exact) mass is 273 g/mol. The van der Waals surface area contributed by atoms with Crippen LogP contribution in [-0.2, 0) is 14.3 Å². The number of carbonyl (C=O) groups is 2. The smallest absolute Gasteiger partial charge is 0.394 e. The van der Waals surface area contributed by atoms with Crippen molar-refractivity contribution in [2.75, 3.05) is 32.2 Å². The minimum Gasteiger partial charge on any atom is -0.497 e. The minimum atomic E-state index is -1.43. The zero-order valence-electron chi connectivity index (χ0n) is 10.9. The molecule has 0 heterocycles. The predicted octanol–water partition coefficient (Wildman–Crippen LogP) is 1.37. The van der Waals surface area contributed by atoms with Crippen LogP contribution in [0.1, 0.15) is 6.92 Å². The summed E-state index contributed by atoms with van der Waals surface area (Å²) < 4.78 is 5.02. The minimum absolute atomic E-state index is 0.256. The van der Waals surface area contributed by atoms with E-state index in [4.69, 9.17) is 9.84 Å². The number of allylic oxidation sites excluding steroid dienone is 2. The second kappa shape index (κ2) is 9.58. The fourth-order valence-corrected chi connectivity index (χ4v) is 1.59. The quantitative estimate of drug-likeness (QED) is 0.431. The van der Waals surface area contributed by atoms with Gasteiger partial charge in [0, 0.05) is 18.8 Å². The fraction of sp³-hybridized carbons (Fsp3) is 0.500. The van der Waals surface area contributed by atoms with Gasteiger partial charge >= 0.3 is 11.9 Å². The Morgan fingerprint density at radius 1 is 1.44 bits per heavy atom. The van der Waals surface area contributed by atoms with E-state index in [1.165, 1.54) is 4.90 Å². The summed E-state index contributed by atoms with van der Waals surface area (Å²) in [5, 5.41) is 8.69. The molecule has 102 valence electrons.